The monoisotopic (exact) mass is 333 g/mol. The number of piperidine rings is 1. The Morgan fingerprint density at radius 3 is 2.38 bits per heavy atom. The second-order valence-electron chi connectivity index (χ2n) is 7.31. The standard InChI is InChI=1S/C20H31NO3/c1-6-15-17(24-20(23)14-7-9-21-10-8-14)11-16(12(2)3)19(22)18(15)13(4)5/h11-14,21-22H,6-10H2,1-5H3. The number of aromatic hydroxyl groups is 1. The molecule has 1 saturated heterocycles. The average Bonchev–Trinajstić information content (AvgIpc) is 2.55. The number of ether oxygens (including phenoxy) is 1. The van der Waals surface area contributed by atoms with Gasteiger partial charge in [0.1, 0.15) is 11.5 Å². The minimum atomic E-state index is -0.138. The molecular formula is C20H31NO3. The molecule has 4 nitrogen and oxygen atoms in total. The Hall–Kier alpha value is -1.55. The van der Waals surface area contributed by atoms with Crippen LogP contribution in [0.1, 0.15) is 76.0 Å². The van der Waals surface area contributed by atoms with Crippen LogP contribution in [0.3, 0.4) is 0 Å². The van der Waals surface area contributed by atoms with Crippen LogP contribution in [0.15, 0.2) is 6.07 Å². The molecule has 1 aromatic rings. The molecule has 1 aromatic carbocycles. The highest BCUT2D eigenvalue weighted by molar-refractivity contribution is 5.76. The average molecular weight is 333 g/mol. The van der Waals surface area contributed by atoms with Gasteiger partial charge in [-0.05, 0) is 50.3 Å². The predicted molar refractivity (Wildman–Crippen MR) is 96.9 cm³/mol. The van der Waals surface area contributed by atoms with Crippen molar-refractivity contribution in [3.05, 3.63) is 22.8 Å². The summed E-state index contributed by atoms with van der Waals surface area (Å²) >= 11 is 0. The van der Waals surface area contributed by atoms with Gasteiger partial charge in [0.2, 0.25) is 0 Å². The molecule has 0 amide bonds. The first-order valence-electron chi connectivity index (χ1n) is 9.17. The lowest BCUT2D eigenvalue weighted by atomic mass is 9.88. The van der Waals surface area contributed by atoms with E-state index in [0.29, 0.717) is 11.5 Å². The summed E-state index contributed by atoms with van der Waals surface area (Å²) < 4.78 is 5.83. The number of carbonyl (C=O) groups excluding carboxylic acids is 1. The van der Waals surface area contributed by atoms with E-state index < -0.39 is 0 Å². The molecule has 0 unspecified atom stereocenters. The van der Waals surface area contributed by atoms with E-state index in [1.54, 1.807) is 0 Å². The fraction of sp³-hybridized carbons (Fsp3) is 0.650. The van der Waals surface area contributed by atoms with E-state index in [9.17, 15) is 9.90 Å². The SMILES string of the molecule is CCc1c(OC(=O)C2CCNCC2)cc(C(C)C)c(O)c1C(C)C. The zero-order valence-electron chi connectivity index (χ0n) is 15.6. The third kappa shape index (κ3) is 3.92. The fourth-order valence-corrected chi connectivity index (χ4v) is 3.49. The topological polar surface area (TPSA) is 58.6 Å². The number of nitrogens with one attached hydrogen (secondary N) is 1. The molecule has 1 aliphatic heterocycles. The van der Waals surface area contributed by atoms with Crippen molar-refractivity contribution >= 4 is 5.97 Å². The lowest BCUT2D eigenvalue weighted by molar-refractivity contribution is -0.139. The van der Waals surface area contributed by atoms with Crippen LogP contribution in [-0.2, 0) is 11.2 Å². The third-order valence-electron chi connectivity index (χ3n) is 4.87. The van der Waals surface area contributed by atoms with Crippen molar-refractivity contribution in [2.24, 2.45) is 5.92 Å². The minimum absolute atomic E-state index is 0.0326. The van der Waals surface area contributed by atoms with Crippen molar-refractivity contribution < 1.29 is 14.6 Å². The van der Waals surface area contributed by atoms with Crippen LogP contribution in [0.2, 0.25) is 0 Å². The number of benzene rings is 1. The molecule has 0 bridgehead atoms. The van der Waals surface area contributed by atoms with E-state index in [2.05, 4.69) is 19.2 Å². The van der Waals surface area contributed by atoms with Crippen LogP contribution in [-0.4, -0.2) is 24.2 Å². The Kier molecular flexibility index (Phi) is 6.27. The van der Waals surface area contributed by atoms with Crippen molar-refractivity contribution in [1.29, 1.82) is 0 Å². The quantitative estimate of drug-likeness (QED) is 0.629. The number of rotatable bonds is 5. The maximum Gasteiger partial charge on any atom is 0.314 e. The zero-order valence-corrected chi connectivity index (χ0v) is 15.6. The largest absolute Gasteiger partial charge is 0.507 e. The summed E-state index contributed by atoms with van der Waals surface area (Å²) in [5, 5.41) is 14.0. The lowest BCUT2D eigenvalue weighted by Crippen LogP contribution is -2.34. The number of hydrogen-bond donors (Lipinski definition) is 2. The van der Waals surface area contributed by atoms with Gasteiger partial charge in [0, 0.05) is 16.7 Å². The molecule has 2 rings (SSSR count). The molecule has 0 spiro atoms. The van der Waals surface area contributed by atoms with Crippen LogP contribution in [0.25, 0.3) is 0 Å². The number of phenols is 1. The zero-order chi connectivity index (χ0) is 17.9. The van der Waals surface area contributed by atoms with Crippen LogP contribution >= 0.6 is 0 Å². The second-order valence-corrected chi connectivity index (χ2v) is 7.31. The molecule has 0 radical (unpaired) electrons. The first kappa shape index (κ1) is 18.8. The van der Waals surface area contributed by atoms with Crippen LogP contribution in [0.4, 0.5) is 0 Å². The van der Waals surface area contributed by atoms with E-state index >= 15 is 0 Å². The van der Waals surface area contributed by atoms with Crippen LogP contribution < -0.4 is 10.1 Å². The van der Waals surface area contributed by atoms with Gasteiger partial charge < -0.3 is 15.2 Å². The summed E-state index contributed by atoms with van der Waals surface area (Å²) in [4.78, 5) is 12.6. The van der Waals surface area contributed by atoms with Gasteiger partial charge in [-0.3, -0.25) is 4.79 Å². The highest BCUT2D eigenvalue weighted by atomic mass is 16.5. The highest BCUT2D eigenvalue weighted by Crippen LogP contribution is 2.41. The summed E-state index contributed by atoms with van der Waals surface area (Å²) in [5.74, 6) is 1.17. The minimum Gasteiger partial charge on any atom is -0.507 e. The van der Waals surface area contributed by atoms with Gasteiger partial charge in [0.25, 0.3) is 0 Å². The molecule has 1 heterocycles. The molecule has 0 aliphatic carbocycles. The third-order valence-corrected chi connectivity index (χ3v) is 4.87. The number of hydrogen-bond acceptors (Lipinski definition) is 4. The molecule has 4 heteroatoms. The maximum atomic E-state index is 12.6. The lowest BCUT2D eigenvalue weighted by Gasteiger charge is -2.24. The van der Waals surface area contributed by atoms with E-state index in [4.69, 9.17) is 4.74 Å². The van der Waals surface area contributed by atoms with Gasteiger partial charge in [-0.2, -0.15) is 0 Å². The van der Waals surface area contributed by atoms with Crippen LogP contribution in [0, 0.1) is 5.92 Å². The van der Waals surface area contributed by atoms with Crippen molar-refractivity contribution in [3.8, 4) is 11.5 Å². The molecule has 0 atom stereocenters. The van der Waals surface area contributed by atoms with E-state index in [-0.39, 0.29) is 23.7 Å². The van der Waals surface area contributed by atoms with Gasteiger partial charge in [0.05, 0.1) is 5.92 Å². The van der Waals surface area contributed by atoms with Crippen molar-refractivity contribution in [2.45, 2.75) is 65.7 Å². The summed E-state index contributed by atoms with van der Waals surface area (Å²) in [7, 11) is 0. The molecule has 0 aromatic heterocycles. The maximum absolute atomic E-state index is 12.6. The Morgan fingerprint density at radius 1 is 1.25 bits per heavy atom. The van der Waals surface area contributed by atoms with Gasteiger partial charge >= 0.3 is 5.97 Å². The van der Waals surface area contributed by atoms with E-state index in [0.717, 1.165) is 49.0 Å². The van der Waals surface area contributed by atoms with Gasteiger partial charge in [-0.15, -0.1) is 0 Å². The first-order chi connectivity index (χ1) is 11.4. The molecule has 24 heavy (non-hydrogen) atoms. The highest BCUT2D eigenvalue weighted by Gasteiger charge is 2.26. The molecular weight excluding hydrogens is 302 g/mol. The summed E-state index contributed by atoms with van der Waals surface area (Å²) in [5.41, 5.74) is 2.72. The van der Waals surface area contributed by atoms with Gasteiger partial charge in [0.15, 0.2) is 0 Å². The van der Waals surface area contributed by atoms with Crippen LogP contribution in [0.5, 0.6) is 11.5 Å². The van der Waals surface area contributed by atoms with Crippen molar-refractivity contribution in [2.75, 3.05) is 13.1 Å². The Bertz CT molecular complexity index is 587. The van der Waals surface area contributed by atoms with Gasteiger partial charge in [-0.25, -0.2) is 0 Å². The normalized spacial score (nSPS) is 16.0. The summed E-state index contributed by atoms with van der Waals surface area (Å²) in [6.07, 6.45) is 2.38. The summed E-state index contributed by atoms with van der Waals surface area (Å²) in [6, 6.07) is 1.86. The number of esters is 1. The predicted octanol–water partition coefficient (Wildman–Crippen LogP) is 4.11. The first-order valence-corrected chi connectivity index (χ1v) is 9.17. The smallest absolute Gasteiger partial charge is 0.314 e. The van der Waals surface area contributed by atoms with Gasteiger partial charge in [-0.1, -0.05) is 34.6 Å². The van der Waals surface area contributed by atoms with E-state index in [1.807, 2.05) is 26.8 Å². The Balaban J connectivity index is 2.41. The summed E-state index contributed by atoms with van der Waals surface area (Å²) in [6.45, 7) is 12.0. The molecule has 1 aliphatic rings. The molecule has 2 N–H and O–H groups in total. The molecule has 134 valence electrons. The number of phenolic OH excluding ortho intramolecular Hbond substituents is 1. The number of carbonyl (C=O) groups is 1. The molecule has 1 fully saturated rings. The van der Waals surface area contributed by atoms with E-state index in [1.165, 1.54) is 0 Å². The molecule has 0 saturated carbocycles. The van der Waals surface area contributed by atoms with Crippen molar-refractivity contribution in [1.82, 2.24) is 5.32 Å². The van der Waals surface area contributed by atoms with Crippen molar-refractivity contribution in [3.63, 3.8) is 0 Å². The fourth-order valence-electron chi connectivity index (χ4n) is 3.49. The second kappa shape index (κ2) is 8.02. The Morgan fingerprint density at radius 2 is 1.88 bits per heavy atom. The Labute approximate surface area is 145 Å².